The number of hydrogen-bond donors (Lipinski definition) is 1. The van der Waals surface area contributed by atoms with Crippen LogP contribution in [0.1, 0.15) is 49.4 Å². The molecule has 0 saturated carbocycles. The van der Waals surface area contributed by atoms with Crippen LogP contribution in [0.25, 0.3) is 0 Å². The van der Waals surface area contributed by atoms with E-state index in [0.29, 0.717) is 37.0 Å². The number of carbonyl (C=O) groups is 1. The van der Waals surface area contributed by atoms with Crippen LogP contribution >= 0.6 is 11.6 Å². The van der Waals surface area contributed by atoms with E-state index >= 15 is 0 Å². The van der Waals surface area contributed by atoms with E-state index in [2.05, 4.69) is 21.8 Å². The fourth-order valence-corrected chi connectivity index (χ4v) is 4.95. The van der Waals surface area contributed by atoms with Crippen LogP contribution in [0.4, 0.5) is 5.82 Å². The molecule has 2 aromatic rings. The molecule has 2 atom stereocenters. The van der Waals surface area contributed by atoms with Gasteiger partial charge in [0.2, 0.25) is 5.91 Å². The molecule has 2 heterocycles. The molecule has 1 saturated heterocycles. The number of amides is 1. The van der Waals surface area contributed by atoms with Gasteiger partial charge in [-0.15, -0.1) is 0 Å². The zero-order valence-electron chi connectivity index (χ0n) is 17.8. The first-order valence-corrected chi connectivity index (χ1v) is 11.2. The Kier molecular flexibility index (Phi) is 5.98. The molecule has 1 aliphatic carbocycles. The van der Waals surface area contributed by atoms with Crippen LogP contribution in [0.5, 0.6) is 0 Å². The number of rotatable bonds is 5. The first-order valence-electron chi connectivity index (χ1n) is 10.8. The van der Waals surface area contributed by atoms with E-state index in [0.717, 1.165) is 37.3 Å². The van der Waals surface area contributed by atoms with E-state index in [1.807, 2.05) is 36.1 Å². The molecule has 30 heavy (non-hydrogen) atoms. The highest BCUT2D eigenvalue weighted by Gasteiger charge is 2.39. The molecule has 1 aromatic heterocycles. The highest BCUT2D eigenvalue weighted by molar-refractivity contribution is 6.30. The summed E-state index contributed by atoms with van der Waals surface area (Å²) in [5.74, 6) is 1.68. The molecule has 1 fully saturated rings. The molecule has 1 aliphatic heterocycles. The number of nitrogens with two attached hydrogens (primary N) is 1. The predicted molar refractivity (Wildman–Crippen MR) is 120 cm³/mol. The maximum absolute atomic E-state index is 13.6. The third-order valence-electron chi connectivity index (χ3n) is 6.72. The Morgan fingerprint density at radius 1 is 1.20 bits per heavy atom. The van der Waals surface area contributed by atoms with Crippen LogP contribution in [-0.2, 0) is 16.6 Å². The molecule has 160 valence electrons. The van der Waals surface area contributed by atoms with Crippen LogP contribution in [-0.4, -0.2) is 53.5 Å². The van der Waals surface area contributed by atoms with Gasteiger partial charge in [-0.3, -0.25) is 4.79 Å². The largest absolute Gasteiger partial charge is 0.353 e. The van der Waals surface area contributed by atoms with Gasteiger partial charge < -0.3 is 15.5 Å². The smallest absolute Gasteiger partial charge is 0.233 e. The Bertz CT molecular complexity index is 910. The lowest BCUT2D eigenvalue weighted by atomic mass is 9.78. The lowest BCUT2D eigenvalue weighted by Gasteiger charge is -2.41. The van der Waals surface area contributed by atoms with Crippen molar-refractivity contribution in [2.75, 3.05) is 37.6 Å². The average molecular weight is 428 g/mol. The van der Waals surface area contributed by atoms with Gasteiger partial charge in [0.05, 0.1) is 5.41 Å². The van der Waals surface area contributed by atoms with E-state index in [1.165, 1.54) is 11.3 Å². The van der Waals surface area contributed by atoms with Crippen molar-refractivity contribution in [2.45, 2.75) is 44.4 Å². The Labute approximate surface area is 183 Å². The summed E-state index contributed by atoms with van der Waals surface area (Å²) in [6.45, 7) is 7.62. The van der Waals surface area contributed by atoms with Crippen molar-refractivity contribution in [1.29, 1.82) is 0 Å². The maximum Gasteiger partial charge on any atom is 0.233 e. The van der Waals surface area contributed by atoms with Crippen LogP contribution in [0.3, 0.4) is 0 Å². The summed E-state index contributed by atoms with van der Waals surface area (Å²) in [6, 6.07) is 7.57. The van der Waals surface area contributed by atoms with Gasteiger partial charge in [-0.2, -0.15) is 0 Å². The van der Waals surface area contributed by atoms with E-state index in [-0.39, 0.29) is 5.91 Å². The van der Waals surface area contributed by atoms with Gasteiger partial charge in [0.1, 0.15) is 12.1 Å². The Morgan fingerprint density at radius 3 is 2.57 bits per heavy atom. The topological polar surface area (TPSA) is 75.4 Å². The van der Waals surface area contributed by atoms with Gasteiger partial charge in [0.15, 0.2) is 0 Å². The third-order valence-corrected chi connectivity index (χ3v) is 6.97. The van der Waals surface area contributed by atoms with Crippen molar-refractivity contribution < 1.29 is 4.79 Å². The fraction of sp³-hybridized carbons (Fsp3) is 0.522. The van der Waals surface area contributed by atoms with Crippen LogP contribution in [0.15, 0.2) is 30.6 Å². The second-order valence-electron chi connectivity index (χ2n) is 8.65. The van der Waals surface area contributed by atoms with Gasteiger partial charge in [-0.25, -0.2) is 9.97 Å². The van der Waals surface area contributed by atoms with Crippen molar-refractivity contribution in [3.63, 3.8) is 0 Å². The van der Waals surface area contributed by atoms with Gasteiger partial charge in [-0.05, 0) is 56.3 Å². The SMILES string of the molecule is CC1CCc2ncnc(N3CCN(C(=O)C(C)(CCN)c4ccc(Cl)cc4)CC3)c21. The Balaban J connectivity index is 1.50. The Morgan fingerprint density at radius 2 is 1.90 bits per heavy atom. The number of carbonyl (C=O) groups excluding carboxylic acids is 1. The minimum Gasteiger partial charge on any atom is -0.353 e. The van der Waals surface area contributed by atoms with E-state index in [4.69, 9.17) is 17.3 Å². The number of hydrogen-bond acceptors (Lipinski definition) is 5. The summed E-state index contributed by atoms with van der Waals surface area (Å²) in [5.41, 5.74) is 8.69. The minimum absolute atomic E-state index is 0.135. The highest BCUT2D eigenvalue weighted by Crippen LogP contribution is 2.37. The number of piperazine rings is 1. The second-order valence-corrected chi connectivity index (χ2v) is 9.09. The molecule has 4 rings (SSSR count). The summed E-state index contributed by atoms with van der Waals surface area (Å²) in [7, 11) is 0. The molecule has 7 heteroatoms. The molecule has 0 bridgehead atoms. The highest BCUT2D eigenvalue weighted by atomic mass is 35.5. The summed E-state index contributed by atoms with van der Waals surface area (Å²) in [6.07, 6.45) is 4.45. The van der Waals surface area contributed by atoms with Crippen molar-refractivity contribution in [3.05, 3.63) is 52.4 Å². The Hall–Kier alpha value is -2.18. The van der Waals surface area contributed by atoms with E-state index < -0.39 is 5.41 Å². The first kappa shape index (κ1) is 21.1. The number of benzene rings is 1. The monoisotopic (exact) mass is 427 g/mol. The molecule has 0 spiro atoms. The van der Waals surface area contributed by atoms with Crippen molar-refractivity contribution >= 4 is 23.3 Å². The van der Waals surface area contributed by atoms with Crippen molar-refractivity contribution in [2.24, 2.45) is 5.73 Å². The normalized spacial score (nSPS) is 20.7. The van der Waals surface area contributed by atoms with Gasteiger partial charge in [0.25, 0.3) is 0 Å². The summed E-state index contributed by atoms with van der Waals surface area (Å²) in [4.78, 5) is 27.0. The molecule has 2 N–H and O–H groups in total. The minimum atomic E-state index is -0.647. The zero-order valence-corrected chi connectivity index (χ0v) is 18.5. The van der Waals surface area contributed by atoms with Gasteiger partial charge in [-0.1, -0.05) is 30.7 Å². The van der Waals surface area contributed by atoms with Crippen LogP contribution < -0.4 is 10.6 Å². The molecular weight excluding hydrogens is 398 g/mol. The number of aryl methyl sites for hydroxylation is 1. The number of aromatic nitrogens is 2. The molecule has 6 nitrogen and oxygen atoms in total. The quantitative estimate of drug-likeness (QED) is 0.793. The molecule has 2 unspecified atom stereocenters. The molecule has 2 aliphatic rings. The fourth-order valence-electron chi connectivity index (χ4n) is 4.83. The summed E-state index contributed by atoms with van der Waals surface area (Å²) < 4.78 is 0. The van der Waals surface area contributed by atoms with E-state index in [9.17, 15) is 4.79 Å². The van der Waals surface area contributed by atoms with E-state index in [1.54, 1.807) is 6.33 Å². The maximum atomic E-state index is 13.6. The number of halogens is 1. The average Bonchev–Trinajstić information content (AvgIpc) is 3.15. The zero-order chi connectivity index (χ0) is 21.3. The summed E-state index contributed by atoms with van der Waals surface area (Å²) in [5, 5.41) is 0.668. The third kappa shape index (κ3) is 3.79. The molecule has 0 radical (unpaired) electrons. The standard InChI is InChI=1S/C23H30ClN5O/c1-16-3-8-19-20(16)21(27-15-26-19)28-11-13-29(14-12-28)22(30)23(2,9-10-25)17-4-6-18(24)7-5-17/h4-7,15-16H,3,8-14,25H2,1-2H3. The number of fused-ring (bicyclic) bond motifs is 1. The predicted octanol–water partition coefficient (Wildman–Crippen LogP) is 3.14. The number of nitrogens with zero attached hydrogens (tertiary/aromatic N) is 4. The summed E-state index contributed by atoms with van der Waals surface area (Å²) >= 11 is 6.06. The van der Waals surface area contributed by atoms with Gasteiger partial charge >= 0.3 is 0 Å². The lowest BCUT2D eigenvalue weighted by Crippen LogP contribution is -2.54. The molecular formula is C23H30ClN5O. The first-order chi connectivity index (χ1) is 14.4. The van der Waals surface area contributed by atoms with Crippen molar-refractivity contribution in [1.82, 2.24) is 14.9 Å². The number of anilines is 1. The second kappa shape index (κ2) is 8.52. The van der Waals surface area contributed by atoms with Crippen molar-refractivity contribution in [3.8, 4) is 0 Å². The molecule has 1 aromatic carbocycles. The van der Waals surface area contributed by atoms with Crippen LogP contribution in [0.2, 0.25) is 5.02 Å². The van der Waals surface area contributed by atoms with Gasteiger partial charge in [0, 0.05) is 42.5 Å². The van der Waals surface area contributed by atoms with Crippen LogP contribution in [0, 0.1) is 0 Å². The molecule has 1 amide bonds. The lowest BCUT2D eigenvalue weighted by molar-refractivity contribution is -0.137.